The Labute approximate surface area is 105 Å². The van der Waals surface area contributed by atoms with E-state index in [0.29, 0.717) is 17.8 Å². The molecule has 0 amide bonds. The van der Waals surface area contributed by atoms with Gasteiger partial charge in [-0.05, 0) is 31.6 Å². The van der Waals surface area contributed by atoms with Crippen molar-refractivity contribution in [1.82, 2.24) is 4.98 Å². The Hall–Kier alpha value is -1.39. The van der Waals surface area contributed by atoms with Gasteiger partial charge in [0, 0.05) is 25.7 Å². The van der Waals surface area contributed by atoms with Gasteiger partial charge < -0.3 is 10.2 Å². The molecule has 0 unspecified atom stereocenters. The Balaban J connectivity index is 1.91. The maximum absolute atomic E-state index is 13.9. The van der Waals surface area contributed by atoms with Crippen molar-refractivity contribution in [2.24, 2.45) is 5.92 Å². The second-order valence-corrected chi connectivity index (χ2v) is 5.20. The Bertz CT molecular complexity index is 456. The van der Waals surface area contributed by atoms with Gasteiger partial charge in [0.05, 0.1) is 0 Å². The summed E-state index contributed by atoms with van der Waals surface area (Å²) in [6.07, 6.45) is 4.59. The Morgan fingerprint density at radius 2 is 2.00 bits per heavy atom. The van der Waals surface area contributed by atoms with Crippen molar-refractivity contribution < 1.29 is 8.78 Å². The lowest BCUT2D eigenvalue weighted by Gasteiger charge is -2.24. The fraction of sp³-hybridized carbons (Fsp3) is 0.615. The molecule has 3 nitrogen and oxygen atoms in total. The van der Waals surface area contributed by atoms with Crippen LogP contribution in [0, 0.1) is 17.6 Å². The molecule has 2 saturated carbocycles. The Morgan fingerprint density at radius 1 is 1.28 bits per heavy atom. The number of pyridine rings is 1. The summed E-state index contributed by atoms with van der Waals surface area (Å²) in [6, 6.07) is 1.32. The maximum atomic E-state index is 13.9. The molecule has 1 aromatic rings. The fourth-order valence-corrected chi connectivity index (χ4v) is 2.21. The van der Waals surface area contributed by atoms with E-state index in [1.165, 1.54) is 12.8 Å². The maximum Gasteiger partial charge on any atom is 0.168 e. The largest absolute Gasteiger partial charge is 0.371 e. The van der Waals surface area contributed by atoms with E-state index in [9.17, 15) is 8.78 Å². The van der Waals surface area contributed by atoms with Crippen LogP contribution >= 0.6 is 0 Å². The minimum atomic E-state index is -0.638. The van der Waals surface area contributed by atoms with Crippen molar-refractivity contribution in [1.29, 1.82) is 0 Å². The molecule has 0 bridgehead atoms. The van der Waals surface area contributed by atoms with Crippen LogP contribution in [0.1, 0.15) is 25.7 Å². The van der Waals surface area contributed by atoms with Crippen LogP contribution in [0.2, 0.25) is 0 Å². The molecule has 2 aliphatic carbocycles. The molecule has 0 aromatic carbocycles. The molecule has 0 saturated heterocycles. The Kier molecular flexibility index (Phi) is 2.84. The fourth-order valence-electron chi connectivity index (χ4n) is 2.21. The van der Waals surface area contributed by atoms with Gasteiger partial charge in [-0.15, -0.1) is 0 Å². The van der Waals surface area contributed by atoms with Gasteiger partial charge in [-0.1, -0.05) is 0 Å². The average molecular weight is 253 g/mol. The van der Waals surface area contributed by atoms with Crippen molar-refractivity contribution in [3.05, 3.63) is 17.7 Å². The van der Waals surface area contributed by atoms with Gasteiger partial charge in [0.1, 0.15) is 0 Å². The SMILES string of the molecule is CNc1nc(N(CC2CC2)C2CC2)c(F)cc1F. The second-order valence-electron chi connectivity index (χ2n) is 5.20. The standard InChI is InChI=1S/C13H17F2N3/c1-16-12-10(14)6-11(15)13(17-12)18(9-4-5-9)7-8-2-3-8/h6,8-9H,2-5,7H2,1H3,(H,16,17). The highest BCUT2D eigenvalue weighted by molar-refractivity contribution is 5.50. The molecule has 18 heavy (non-hydrogen) atoms. The predicted molar refractivity (Wildman–Crippen MR) is 66.8 cm³/mol. The van der Waals surface area contributed by atoms with E-state index in [0.717, 1.165) is 25.5 Å². The summed E-state index contributed by atoms with van der Waals surface area (Å²) in [4.78, 5) is 6.12. The van der Waals surface area contributed by atoms with Gasteiger partial charge in [0.2, 0.25) is 0 Å². The lowest BCUT2D eigenvalue weighted by atomic mass is 10.3. The van der Waals surface area contributed by atoms with Crippen LogP contribution in [0.4, 0.5) is 20.4 Å². The molecule has 1 heterocycles. The molecule has 5 heteroatoms. The number of nitrogens with one attached hydrogen (secondary N) is 1. The van der Waals surface area contributed by atoms with E-state index in [1.54, 1.807) is 7.05 Å². The first-order chi connectivity index (χ1) is 8.69. The summed E-state index contributed by atoms with van der Waals surface area (Å²) in [5, 5.41) is 2.67. The van der Waals surface area contributed by atoms with E-state index in [4.69, 9.17) is 0 Å². The predicted octanol–water partition coefficient (Wildman–Crippen LogP) is 2.78. The molecule has 2 fully saturated rings. The van der Waals surface area contributed by atoms with Gasteiger partial charge in [-0.25, -0.2) is 13.8 Å². The molecule has 0 atom stereocenters. The summed E-state index contributed by atoms with van der Waals surface area (Å²) in [6.45, 7) is 0.851. The van der Waals surface area contributed by atoms with E-state index in [1.807, 2.05) is 4.90 Å². The van der Waals surface area contributed by atoms with Crippen molar-refractivity contribution in [3.8, 4) is 0 Å². The number of hydrogen-bond donors (Lipinski definition) is 1. The number of anilines is 2. The summed E-state index contributed by atoms with van der Waals surface area (Å²) in [7, 11) is 1.59. The summed E-state index contributed by atoms with van der Waals surface area (Å²) >= 11 is 0. The number of nitrogens with zero attached hydrogens (tertiary/aromatic N) is 2. The lowest BCUT2D eigenvalue weighted by Crippen LogP contribution is -2.30. The molecule has 1 N–H and O–H groups in total. The highest BCUT2D eigenvalue weighted by Gasteiger charge is 2.36. The minimum absolute atomic E-state index is 0.118. The lowest BCUT2D eigenvalue weighted by molar-refractivity contribution is 0.565. The molecule has 0 radical (unpaired) electrons. The van der Waals surface area contributed by atoms with Crippen LogP contribution in [0.15, 0.2) is 6.07 Å². The first kappa shape index (κ1) is 11.7. The van der Waals surface area contributed by atoms with Crippen LogP contribution in [0.3, 0.4) is 0 Å². The smallest absolute Gasteiger partial charge is 0.168 e. The van der Waals surface area contributed by atoms with Crippen molar-refractivity contribution in [3.63, 3.8) is 0 Å². The molecular formula is C13H17F2N3. The molecular weight excluding hydrogens is 236 g/mol. The van der Waals surface area contributed by atoms with Crippen molar-refractivity contribution in [2.45, 2.75) is 31.7 Å². The molecule has 98 valence electrons. The first-order valence-electron chi connectivity index (χ1n) is 6.49. The zero-order chi connectivity index (χ0) is 12.7. The summed E-state index contributed by atoms with van der Waals surface area (Å²) < 4.78 is 27.3. The number of hydrogen-bond acceptors (Lipinski definition) is 3. The molecule has 3 rings (SSSR count). The van der Waals surface area contributed by atoms with E-state index >= 15 is 0 Å². The third-order valence-corrected chi connectivity index (χ3v) is 3.56. The molecule has 1 aromatic heterocycles. The topological polar surface area (TPSA) is 28.2 Å². The van der Waals surface area contributed by atoms with Crippen LogP contribution in [0.5, 0.6) is 0 Å². The van der Waals surface area contributed by atoms with E-state index in [-0.39, 0.29) is 5.82 Å². The molecule has 0 aliphatic heterocycles. The van der Waals surface area contributed by atoms with Crippen LogP contribution in [-0.2, 0) is 0 Å². The van der Waals surface area contributed by atoms with Crippen molar-refractivity contribution >= 4 is 11.6 Å². The third kappa shape index (κ3) is 2.26. The average Bonchev–Trinajstić information content (AvgIpc) is 3.20. The van der Waals surface area contributed by atoms with Gasteiger partial charge in [0.15, 0.2) is 23.3 Å². The van der Waals surface area contributed by atoms with Gasteiger partial charge in [0.25, 0.3) is 0 Å². The molecule has 2 aliphatic rings. The van der Waals surface area contributed by atoms with E-state index < -0.39 is 11.6 Å². The van der Waals surface area contributed by atoms with E-state index in [2.05, 4.69) is 10.3 Å². The van der Waals surface area contributed by atoms with Crippen LogP contribution in [-0.4, -0.2) is 24.6 Å². The third-order valence-electron chi connectivity index (χ3n) is 3.56. The second kappa shape index (κ2) is 4.37. The summed E-state index contributed by atoms with van der Waals surface area (Å²) in [5.41, 5.74) is 0. The normalized spacial score (nSPS) is 18.8. The minimum Gasteiger partial charge on any atom is -0.371 e. The number of halogens is 2. The molecule has 0 spiro atoms. The van der Waals surface area contributed by atoms with Crippen molar-refractivity contribution in [2.75, 3.05) is 23.8 Å². The zero-order valence-corrected chi connectivity index (χ0v) is 10.4. The zero-order valence-electron chi connectivity index (χ0n) is 10.4. The van der Waals surface area contributed by atoms with Crippen LogP contribution in [0.25, 0.3) is 0 Å². The first-order valence-corrected chi connectivity index (χ1v) is 6.49. The Morgan fingerprint density at radius 3 is 2.56 bits per heavy atom. The van der Waals surface area contributed by atoms with Gasteiger partial charge in [-0.2, -0.15) is 0 Å². The highest BCUT2D eigenvalue weighted by atomic mass is 19.1. The van der Waals surface area contributed by atoms with Gasteiger partial charge >= 0.3 is 0 Å². The highest BCUT2D eigenvalue weighted by Crippen LogP contribution is 2.38. The quantitative estimate of drug-likeness (QED) is 0.874. The number of rotatable bonds is 5. The number of aromatic nitrogens is 1. The monoisotopic (exact) mass is 253 g/mol. The summed E-state index contributed by atoms with van der Waals surface area (Å²) in [5.74, 6) is -0.113. The van der Waals surface area contributed by atoms with Gasteiger partial charge in [-0.3, -0.25) is 0 Å². The van der Waals surface area contributed by atoms with Crippen LogP contribution < -0.4 is 10.2 Å².